The summed E-state index contributed by atoms with van der Waals surface area (Å²) in [6.45, 7) is 4.49. The van der Waals surface area contributed by atoms with Crippen LogP contribution in [0.15, 0.2) is 48.5 Å². The van der Waals surface area contributed by atoms with E-state index in [2.05, 4.69) is 50.1 Å². The molecule has 0 saturated heterocycles. The van der Waals surface area contributed by atoms with Gasteiger partial charge in [-0.1, -0.05) is 26.0 Å². The van der Waals surface area contributed by atoms with E-state index >= 15 is 0 Å². The van der Waals surface area contributed by atoms with E-state index in [-0.39, 0.29) is 0 Å². The lowest BCUT2D eigenvalue weighted by Crippen LogP contribution is -2.09. The predicted octanol–water partition coefficient (Wildman–Crippen LogP) is 4.24. The number of nitrogens with two attached hydrogens (primary N) is 1. The molecular weight excluding hydrogens is 232 g/mol. The average Bonchev–Trinajstić information content (AvgIpc) is 2.39. The minimum absolute atomic E-state index is 0.695. The van der Waals surface area contributed by atoms with Gasteiger partial charge in [0.05, 0.1) is 0 Å². The van der Waals surface area contributed by atoms with Crippen LogP contribution in [0.2, 0.25) is 0 Å². The van der Waals surface area contributed by atoms with Crippen LogP contribution in [0.5, 0.6) is 0 Å². The van der Waals surface area contributed by atoms with Gasteiger partial charge in [-0.25, -0.2) is 0 Å². The summed E-state index contributed by atoms with van der Waals surface area (Å²) in [5.41, 5.74) is 10.2. The van der Waals surface area contributed by atoms with Crippen LogP contribution < -0.4 is 10.6 Å². The van der Waals surface area contributed by atoms with Crippen molar-refractivity contribution < 1.29 is 0 Å². The monoisotopic (exact) mass is 254 g/mol. The van der Waals surface area contributed by atoms with Crippen LogP contribution in [-0.4, -0.2) is 7.05 Å². The van der Waals surface area contributed by atoms with E-state index in [1.54, 1.807) is 0 Å². The van der Waals surface area contributed by atoms with E-state index in [0.717, 1.165) is 17.8 Å². The molecule has 0 aromatic heterocycles. The van der Waals surface area contributed by atoms with Crippen LogP contribution in [0.1, 0.15) is 19.4 Å². The number of benzene rings is 2. The Labute approximate surface area is 115 Å². The third kappa shape index (κ3) is 3.50. The molecule has 100 valence electrons. The summed E-state index contributed by atoms with van der Waals surface area (Å²) in [5.74, 6) is 0.695. The highest BCUT2D eigenvalue weighted by Crippen LogP contribution is 2.24. The Bertz CT molecular complexity index is 512. The Morgan fingerprint density at radius 3 is 1.84 bits per heavy atom. The smallest absolute Gasteiger partial charge is 0.0409 e. The van der Waals surface area contributed by atoms with Gasteiger partial charge in [0.2, 0.25) is 0 Å². The topological polar surface area (TPSA) is 29.3 Å². The third-order valence-electron chi connectivity index (χ3n) is 3.25. The molecule has 19 heavy (non-hydrogen) atoms. The molecule has 2 nitrogen and oxygen atoms in total. The molecule has 0 aliphatic carbocycles. The van der Waals surface area contributed by atoms with Crippen molar-refractivity contribution in [1.29, 1.82) is 0 Å². The summed E-state index contributed by atoms with van der Waals surface area (Å²) >= 11 is 0. The first-order valence-electron chi connectivity index (χ1n) is 6.74. The summed E-state index contributed by atoms with van der Waals surface area (Å²) in [5, 5.41) is 0. The summed E-state index contributed by atoms with van der Waals surface area (Å²) in [6.07, 6.45) is 1.13. The Morgan fingerprint density at radius 2 is 1.37 bits per heavy atom. The van der Waals surface area contributed by atoms with Crippen molar-refractivity contribution in [2.75, 3.05) is 17.7 Å². The van der Waals surface area contributed by atoms with E-state index in [1.165, 1.54) is 11.3 Å². The zero-order chi connectivity index (χ0) is 13.8. The van der Waals surface area contributed by atoms with Gasteiger partial charge in [-0.2, -0.15) is 0 Å². The lowest BCUT2D eigenvalue weighted by molar-refractivity contribution is 0.647. The van der Waals surface area contributed by atoms with Crippen molar-refractivity contribution in [3.8, 4) is 0 Å². The molecule has 0 amide bonds. The van der Waals surface area contributed by atoms with Crippen LogP contribution in [-0.2, 0) is 6.42 Å². The predicted molar refractivity (Wildman–Crippen MR) is 83.9 cm³/mol. The van der Waals surface area contributed by atoms with Gasteiger partial charge >= 0.3 is 0 Å². The number of hydrogen-bond acceptors (Lipinski definition) is 2. The molecular formula is C17H22N2. The van der Waals surface area contributed by atoms with Gasteiger partial charge in [0.1, 0.15) is 0 Å². The normalized spacial score (nSPS) is 10.7. The molecule has 0 bridgehead atoms. The number of rotatable bonds is 4. The van der Waals surface area contributed by atoms with Gasteiger partial charge in [0, 0.05) is 24.1 Å². The maximum absolute atomic E-state index is 5.71. The van der Waals surface area contributed by atoms with E-state index in [1.807, 2.05) is 24.3 Å². The summed E-state index contributed by atoms with van der Waals surface area (Å²) < 4.78 is 0. The van der Waals surface area contributed by atoms with Crippen molar-refractivity contribution in [2.24, 2.45) is 5.92 Å². The molecule has 2 heteroatoms. The first-order valence-corrected chi connectivity index (χ1v) is 6.74. The molecule has 0 aliphatic rings. The maximum Gasteiger partial charge on any atom is 0.0409 e. The van der Waals surface area contributed by atoms with Crippen LogP contribution in [0.4, 0.5) is 17.1 Å². The van der Waals surface area contributed by atoms with Gasteiger partial charge in [0.25, 0.3) is 0 Å². The van der Waals surface area contributed by atoms with Crippen LogP contribution in [0, 0.1) is 5.92 Å². The number of nitrogen functional groups attached to an aromatic ring is 1. The second-order valence-electron chi connectivity index (χ2n) is 5.41. The van der Waals surface area contributed by atoms with Gasteiger partial charge in [-0.05, 0) is 54.3 Å². The standard InChI is InChI=1S/C17H22N2/c1-13(2)12-14-4-8-16(9-5-14)19(3)17-10-6-15(18)7-11-17/h4-11,13H,12,18H2,1-3H3. The van der Waals surface area contributed by atoms with Crippen molar-refractivity contribution in [2.45, 2.75) is 20.3 Å². The number of hydrogen-bond donors (Lipinski definition) is 1. The van der Waals surface area contributed by atoms with Crippen molar-refractivity contribution in [3.05, 3.63) is 54.1 Å². The second-order valence-corrected chi connectivity index (χ2v) is 5.41. The molecule has 0 atom stereocenters. The minimum atomic E-state index is 0.695. The van der Waals surface area contributed by atoms with Gasteiger partial charge in [-0.3, -0.25) is 0 Å². The fourth-order valence-corrected chi connectivity index (χ4v) is 2.17. The quantitative estimate of drug-likeness (QED) is 0.827. The SMILES string of the molecule is CC(C)Cc1ccc(N(C)c2ccc(N)cc2)cc1. The first-order chi connectivity index (χ1) is 9.06. The number of anilines is 3. The molecule has 0 radical (unpaired) electrons. The molecule has 0 unspecified atom stereocenters. The molecule has 0 heterocycles. The highest BCUT2D eigenvalue weighted by atomic mass is 15.1. The molecule has 0 aliphatic heterocycles. The van der Waals surface area contributed by atoms with E-state index < -0.39 is 0 Å². The Morgan fingerprint density at radius 1 is 0.895 bits per heavy atom. The van der Waals surface area contributed by atoms with Crippen LogP contribution in [0.25, 0.3) is 0 Å². The molecule has 0 saturated carbocycles. The summed E-state index contributed by atoms with van der Waals surface area (Å²) in [6, 6.07) is 16.7. The molecule has 2 aromatic carbocycles. The van der Waals surface area contributed by atoms with E-state index in [4.69, 9.17) is 5.73 Å². The molecule has 2 N–H and O–H groups in total. The van der Waals surface area contributed by atoms with Gasteiger partial charge in [0.15, 0.2) is 0 Å². The van der Waals surface area contributed by atoms with Gasteiger partial charge < -0.3 is 10.6 Å². The summed E-state index contributed by atoms with van der Waals surface area (Å²) in [7, 11) is 2.07. The van der Waals surface area contributed by atoms with E-state index in [0.29, 0.717) is 5.92 Å². The molecule has 2 aromatic rings. The molecule has 0 fully saturated rings. The Balaban J connectivity index is 2.15. The first kappa shape index (κ1) is 13.5. The maximum atomic E-state index is 5.71. The lowest BCUT2D eigenvalue weighted by atomic mass is 10.0. The molecule has 0 spiro atoms. The zero-order valence-corrected chi connectivity index (χ0v) is 11.9. The van der Waals surface area contributed by atoms with Gasteiger partial charge in [-0.15, -0.1) is 0 Å². The van der Waals surface area contributed by atoms with Crippen molar-refractivity contribution >= 4 is 17.1 Å². The van der Waals surface area contributed by atoms with Crippen LogP contribution >= 0.6 is 0 Å². The zero-order valence-electron chi connectivity index (χ0n) is 11.9. The van der Waals surface area contributed by atoms with Crippen molar-refractivity contribution in [3.63, 3.8) is 0 Å². The second kappa shape index (κ2) is 5.79. The Kier molecular flexibility index (Phi) is 4.10. The fraction of sp³-hybridized carbons (Fsp3) is 0.294. The lowest BCUT2D eigenvalue weighted by Gasteiger charge is -2.20. The largest absolute Gasteiger partial charge is 0.399 e. The number of nitrogens with zero attached hydrogens (tertiary/aromatic N) is 1. The minimum Gasteiger partial charge on any atom is -0.399 e. The van der Waals surface area contributed by atoms with Crippen molar-refractivity contribution in [1.82, 2.24) is 0 Å². The Hall–Kier alpha value is -1.96. The van der Waals surface area contributed by atoms with Crippen LogP contribution in [0.3, 0.4) is 0 Å². The highest BCUT2D eigenvalue weighted by Gasteiger charge is 2.04. The fourth-order valence-electron chi connectivity index (χ4n) is 2.17. The molecule has 2 rings (SSSR count). The highest BCUT2D eigenvalue weighted by molar-refractivity contribution is 5.64. The average molecular weight is 254 g/mol. The summed E-state index contributed by atoms with van der Waals surface area (Å²) in [4.78, 5) is 2.17. The third-order valence-corrected chi connectivity index (χ3v) is 3.25. The van der Waals surface area contributed by atoms with E-state index in [9.17, 15) is 0 Å².